The van der Waals surface area contributed by atoms with Crippen molar-refractivity contribution in [1.82, 2.24) is 4.90 Å². The van der Waals surface area contributed by atoms with Gasteiger partial charge in [0.05, 0.1) is 7.11 Å². The Morgan fingerprint density at radius 1 is 1.00 bits per heavy atom. The van der Waals surface area contributed by atoms with E-state index >= 15 is 0 Å². The Hall–Kier alpha value is -3.02. The fourth-order valence-electron chi connectivity index (χ4n) is 3.09. The van der Waals surface area contributed by atoms with Crippen LogP contribution in [0.1, 0.15) is 17.3 Å². The largest absolute Gasteiger partial charge is 0.497 e. The second-order valence-corrected chi connectivity index (χ2v) is 6.24. The van der Waals surface area contributed by atoms with Crippen LogP contribution in [0.3, 0.4) is 0 Å². The molecule has 3 rings (SSSR count). The molecule has 6 nitrogen and oxygen atoms in total. The first-order valence-electron chi connectivity index (χ1n) is 8.63. The fourth-order valence-corrected chi connectivity index (χ4v) is 3.09. The van der Waals surface area contributed by atoms with E-state index in [-0.39, 0.29) is 11.8 Å². The van der Waals surface area contributed by atoms with Crippen LogP contribution < -0.4 is 15.0 Å². The summed E-state index contributed by atoms with van der Waals surface area (Å²) in [5.41, 5.74) is 2.47. The van der Waals surface area contributed by atoms with Crippen LogP contribution in [0.15, 0.2) is 48.5 Å². The van der Waals surface area contributed by atoms with E-state index in [0.29, 0.717) is 24.4 Å². The number of carbonyl (C=O) groups is 2. The Kier molecular flexibility index (Phi) is 5.41. The predicted octanol–water partition coefficient (Wildman–Crippen LogP) is 2.62. The van der Waals surface area contributed by atoms with E-state index < -0.39 is 0 Å². The van der Waals surface area contributed by atoms with Gasteiger partial charge in [0, 0.05) is 50.0 Å². The molecule has 136 valence electrons. The summed E-state index contributed by atoms with van der Waals surface area (Å²) < 4.78 is 5.20. The molecule has 1 heterocycles. The van der Waals surface area contributed by atoms with Gasteiger partial charge in [0.15, 0.2) is 0 Å². The zero-order chi connectivity index (χ0) is 18.5. The third-order valence-electron chi connectivity index (χ3n) is 4.42. The maximum Gasteiger partial charge on any atom is 0.254 e. The van der Waals surface area contributed by atoms with E-state index in [4.69, 9.17) is 4.74 Å². The summed E-state index contributed by atoms with van der Waals surface area (Å²) in [4.78, 5) is 28.0. The van der Waals surface area contributed by atoms with Crippen molar-refractivity contribution in [3.8, 4) is 5.75 Å². The van der Waals surface area contributed by atoms with Crippen LogP contribution in [0, 0.1) is 0 Å². The zero-order valence-electron chi connectivity index (χ0n) is 15.1. The van der Waals surface area contributed by atoms with Crippen LogP contribution in [0.2, 0.25) is 0 Å². The standard InChI is InChI=1S/C20H23N3O3/c1-15(24)21-17-6-4-7-18(14-17)22-9-11-23(12-10-22)20(25)16-5-3-8-19(13-16)26-2/h3-8,13-14H,9-12H2,1-2H3,(H,21,24). The van der Waals surface area contributed by atoms with E-state index in [1.807, 2.05) is 47.4 Å². The van der Waals surface area contributed by atoms with E-state index in [0.717, 1.165) is 24.5 Å². The molecule has 2 aromatic carbocycles. The number of carbonyl (C=O) groups excluding carboxylic acids is 2. The summed E-state index contributed by atoms with van der Waals surface area (Å²) in [5.74, 6) is 0.621. The molecule has 1 fully saturated rings. The first kappa shape index (κ1) is 17.8. The Balaban J connectivity index is 1.63. The molecule has 0 unspecified atom stereocenters. The average Bonchev–Trinajstić information content (AvgIpc) is 2.67. The van der Waals surface area contributed by atoms with Gasteiger partial charge < -0.3 is 19.9 Å². The maximum atomic E-state index is 12.7. The number of amides is 2. The molecule has 26 heavy (non-hydrogen) atoms. The van der Waals surface area contributed by atoms with Gasteiger partial charge in [-0.1, -0.05) is 12.1 Å². The Morgan fingerprint density at radius 3 is 2.42 bits per heavy atom. The molecule has 1 aliphatic rings. The molecule has 6 heteroatoms. The van der Waals surface area contributed by atoms with Crippen LogP contribution in [-0.2, 0) is 4.79 Å². The molecular formula is C20H23N3O3. The Morgan fingerprint density at radius 2 is 1.73 bits per heavy atom. The summed E-state index contributed by atoms with van der Waals surface area (Å²) in [6.45, 7) is 4.30. The van der Waals surface area contributed by atoms with Gasteiger partial charge in [-0.25, -0.2) is 0 Å². The Labute approximate surface area is 153 Å². The molecule has 0 atom stereocenters. The summed E-state index contributed by atoms with van der Waals surface area (Å²) in [7, 11) is 1.59. The van der Waals surface area contributed by atoms with Gasteiger partial charge in [0.2, 0.25) is 5.91 Å². The second kappa shape index (κ2) is 7.91. The smallest absolute Gasteiger partial charge is 0.254 e. The number of hydrogen-bond acceptors (Lipinski definition) is 4. The van der Waals surface area contributed by atoms with Crippen LogP contribution in [0.25, 0.3) is 0 Å². The van der Waals surface area contributed by atoms with Crippen LogP contribution in [0.5, 0.6) is 5.75 Å². The molecule has 0 aliphatic carbocycles. The van der Waals surface area contributed by atoms with E-state index in [2.05, 4.69) is 10.2 Å². The predicted molar refractivity (Wildman–Crippen MR) is 102 cm³/mol. The molecular weight excluding hydrogens is 330 g/mol. The molecule has 0 bridgehead atoms. The molecule has 0 aromatic heterocycles. The molecule has 0 spiro atoms. The lowest BCUT2D eigenvalue weighted by atomic mass is 10.1. The first-order chi connectivity index (χ1) is 12.6. The number of ether oxygens (including phenoxy) is 1. The lowest BCUT2D eigenvalue weighted by molar-refractivity contribution is -0.114. The van der Waals surface area contributed by atoms with Crippen molar-refractivity contribution in [2.45, 2.75) is 6.92 Å². The van der Waals surface area contributed by atoms with Crippen molar-refractivity contribution in [2.75, 3.05) is 43.5 Å². The van der Waals surface area contributed by atoms with Crippen molar-refractivity contribution in [1.29, 1.82) is 0 Å². The first-order valence-corrected chi connectivity index (χ1v) is 8.63. The topological polar surface area (TPSA) is 61.9 Å². The van der Waals surface area contributed by atoms with Crippen molar-refractivity contribution in [3.63, 3.8) is 0 Å². The molecule has 2 amide bonds. The number of nitrogens with zero attached hydrogens (tertiary/aromatic N) is 2. The molecule has 1 aliphatic heterocycles. The number of benzene rings is 2. The lowest BCUT2D eigenvalue weighted by Crippen LogP contribution is -2.48. The van der Waals surface area contributed by atoms with Gasteiger partial charge in [-0.15, -0.1) is 0 Å². The quantitative estimate of drug-likeness (QED) is 0.918. The second-order valence-electron chi connectivity index (χ2n) is 6.24. The van der Waals surface area contributed by atoms with Gasteiger partial charge in [-0.3, -0.25) is 9.59 Å². The van der Waals surface area contributed by atoms with Crippen molar-refractivity contribution in [3.05, 3.63) is 54.1 Å². The van der Waals surface area contributed by atoms with Gasteiger partial charge in [0.1, 0.15) is 5.75 Å². The molecule has 2 aromatic rings. The highest BCUT2D eigenvalue weighted by Gasteiger charge is 2.22. The average molecular weight is 353 g/mol. The lowest BCUT2D eigenvalue weighted by Gasteiger charge is -2.36. The number of methoxy groups -OCH3 is 1. The fraction of sp³-hybridized carbons (Fsp3) is 0.300. The highest BCUT2D eigenvalue weighted by molar-refractivity contribution is 5.94. The van der Waals surface area contributed by atoms with Gasteiger partial charge >= 0.3 is 0 Å². The summed E-state index contributed by atoms with van der Waals surface area (Å²) in [6.07, 6.45) is 0. The van der Waals surface area contributed by atoms with Gasteiger partial charge in [-0.2, -0.15) is 0 Å². The van der Waals surface area contributed by atoms with Crippen molar-refractivity contribution >= 4 is 23.2 Å². The SMILES string of the molecule is COc1cccc(C(=O)N2CCN(c3cccc(NC(C)=O)c3)CC2)c1. The molecule has 0 radical (unpaired) electrons. The summed E-state index contributed by atoms with van der Waals surface area (Å²) in [5, 5.41) is 2.80. The number of anilines is 2. The third kappa shape index (κ3) is 4.14. The minimum atomic E-state index is -0.0872. The zero-order valence-corrected chi connectivity index (χ0v) is 15.1. The summed E-state index contributed by atoms with van der Waals surface area (Å²) >= 11 is 0. The van der Waals surface area contributed by atoms with Gasteiger partial charge in [-0.05, 0) is 36.4 Å². The summed E-state index contributed by atoms with van der Waals surface area (Å²) in [6, 6.07) is 15.0. The van der Waals surface area contributed by atoms with Crippen LogP contribution in [-0.4, -0.2) is 50.0 Å². The number of rotatable bonds is 4. The van der Waals surface area contributed by atoms with Crippen molar-refractivity contribution < 1.29 is 14.3 Å². The Bertz CT molecular complexity index is 798. The van der Waals surface area contributed by atoms with E-state index in [1.165, 1.54) is 6.92 Å². The minimum absolute atomic E-state index is 0.0237. The maximum absolute atomic E-state index is 12.7. The van der Waals surface area contributed by atoms with E-state index in [1.54, 1.807) is 13.2 Å². The van der Waals surface area contributed by atoms with Crippen LogP contribution in [0.4, 0.5) is 11.4 Å². The highest BCUT2D eigenvalue weighted by atomic mass is 16.5. The monoisotopic (exact) mass is 353 g/mol. The molecule has 0 saturated carbocycles. The van der Waals surface area contributed by atoms with Crippen molar-refractivity contribution in [2.24, 2.45) is 0 Å². The third-order valence-corrected chi connectivity index (χ3v) is 4.42. The van der Waals surface area contributed by atoms with E-state index in [9.17, 15) is 9.59 Å². The minimum Gasteiger partial charge on any atom is -0.497 e. The van der Waals surface area contributed by atoms with Gasteiger partial charge in [0.25, 0.3) is 5.91 Å². The molecule has 1 N–H and O–H groups in total. The number of piperazine rings is 1. The normalized spacial score (nSPS) is 14.1. The number of hydrogen-bond donors (Lipinski definition) is 1. The number of nitrogens with one attached hydrogen (secondary N) is 1. The molecule has 1 saturated heterocycles. The highest BCUT2D eigenvalue weighted by Crippen LogP contribution is 2.22. The van der Waals surface area contributed by atoms with Crippen LogP contribution >= 0.6 is 0 Å².